The lowest BCUT2D eigenvalue weighted by atomic mass is 9.96. The number of nitrogens with one attached hydrogen (secondary N) is 2. The zero-order chi connectivity index (χ0) is 14.1. The molecule has 2 N–H and O–H groups in total. The van der Waals surface area contributed by atoms with Gasteiger partial charge in [-0.3, -0.25) is 4.79 Å². The summed E-state index contributed by atoms with van der Waals surface area (Å²) < 4.78 is 0. The SMILES string of the molecule is CC1CC[NH+]([C@H](C)C(=O)c2c[nH]c3ccccc23)CC1. The van der Waals surface area contributed by atoms with E-state index in [-0.39, 0.29) is 11.8 Å². The van der Waals surface area contributed by atoms with Gasteiger partial charge in [-0.25, -0.2) is 0 Å². The number of H-pyrrole nitrogens is 1. The van der Waals surface area contributed by atoms with Gasteiger partial charge in [0.05, 0.1) is 13.1 Å². The molecule has 3 heteroatoms. The smallest absolute Gasteiger partial charge is 0.221 e. The lowest BCUT2D eigenvalue weighted by Gasteiger charge is -2.31. The van der Waals surface area contributed by atoms with Crippen molar-refractivity contribution in [3.05, 3.63) is 36.0 Å². The van der Waals surface area contributed by atoms with Gasteiger partial charge in [-0.1, -0.05) is 25.1 Å². The van der Waals surface area contributed by atoms with Gasteiger partial charge in [0, 0.05) is 22.7 Å². The summed E-state index contributed by atoms with van der Waals surface area (Å²) in [6.07, 6.45) is 4.34. The zero-order valence-corrected chi connectivity index (χ0v) is 12.3. The molecule has 1 aliphatic rings. The van der Waals surface area contributed by atoms with Crippen LogP contribution in [0.15, 0.2) is 30.5 Å². The Morgan fingerprint density at radius 2 is 2.00 bits per heavy atom. The number of hydrogen-bond acceptors (Lipinski definition) is 1. The van der Waals surface area contributed by atoms with Gasteiger partial charge in [-0.2, -0.15) is 0 Å². The van der Waals surface area contributed by atoms with E-state index in [9.17, 15) is 4.79 Å². The van der Waals surface area contributed by atoms with Gasteiger partial charge in [0.15, 0.2) is 0 Å². The van der Waals surface area contributed by atoms with Crippen LogP contribution in [0.3, 0.4) is 0 Å². The highest BCUT2D eigenvalue weighted by molar-refractivity contribution is 6.09. The molecule has 1 fully saturated rings. The summed E-state index contributed by atoms with van der Waals surface area (Å²) in [6, 6.07) is 8.09. The van der Waals surface area contributed by atoms with E-state index in [0.717, 1.165) is 35.5 Å². The van der Waals surface area contributed by atoms with Crippen LogP contribution in [0.4, 0.5) is 0 Å². The summed E-state index contributed by atoms with van der Waals surface area (Å²) in [7, 11) is 0. The fourth-order valence-corrected chi connectivity index (χ4v) is 3.26. The van der Waals surface area contributed by atoms with Crippen LogP contribution in [0, 0.1) is 5.92 Å². The molecular weight excluding hydrogens is 248 g/mol. The van der Waals surface area contributed by atoms with Crippen molar-refractivity contribution >= 4 is 16.7 Å². The number of Topliss-reactive ketones (excluding diaryl/α,β-unsaturated/α-hetero) is 1. The number of aromatic nitrogens is 1. The molecule has 20 heavy (non-hydrogen) atoms. The Labute approximate surface area is 120 Å². The molecule has 1 atom stereocenters. The van der Waals surface area contributed by atoms with Crippen LogP contribution < -0.4 is 4.90 Å². The molecule has 1 aliphatic heterocycles. The van der Waals surface area contributed by atoms with E-state index in [1.165, 1.54) is 17.7 Å². The maximum absolute atomic E-state index is 12.8. The number of carbonyl (C=O) groups is 1. The Morgan fingerprint density at radius 1 is 1.30 bits per heavy atom. The van der Waals surface area contributed by atoms with E-state index < -0.39 is 0 Å². The van der Waals surface area contributed by atoms with Crippen molar-refractivity contribution in [3.63, 3.8) is 0 Å². The molecule has 0 amide bonds. The fourth-order valence-electron chi connectivity index (χ4n) is 3.26. The van der Waals surface area contributed by atoms with Gasteiger partial charge in [0.1, 0.15) is 6.04 Å². The zero-order valence-electron chi connectivity index (χ0n) is 12.3. The summed E-state index contributed by atoms with van der Waals surface area (Å²) in [4.78, 5) is 17.4. The first-order chi connectivity index (χ1) is 9.66. The van der Waals surface area contributed by atoms with E-state index in [0.29, 0.717) is 0 Å². The normalized spacial score (nSPS) is 24.7. The molecule has 3 rings (SSSR count). The lowest BCUT2D eigenvalue weighted by molar-refractivity contribution is -0.919. The predicted octanol–water partition coefficient (Wildman–Crippen LogP) is 2.05. The number of ketones is 1. The molecule has 2 aromatic rings. The minimum Gasteiger partial charge on any atom is -0.360 e. The van der Waals surface area contributed by atoms with E-state index in [4.69, 9.17) is 0 Å². The summed E-state index contributed by atoms with van der Waals surface area (Å²) in [5, 5.41) is 1.05. The maximum Gasteiger partial charge on any atom is 0.221 e. The quantitative estimate of drug-likeness (QED) is 0.824. The van der Waals surface area contributed by atoms with E-state index >= 15 is 0 Å². The largest absolute Gasteiger partial charge is 0.360 e. The third kappa shape index (κ3) is 2.38. The second-order valence-electron chi connectivity index (χ2n) is 6.17. The topological polar surface area (TPSA) is 37.3 Å². The Kier molecular flexibility index (Phi) is 3.62. The second-order valence-corrected chi connectivity index (χ2v) is 6.17. The Bertz CT molecular complexity index is 608. The van der Waals surface area contributed by atoms with Gasteiger partial charge in [0.25, 0.3) is 0 Å². The second kappa shape index (κ2) is 5.41. The standard InChI is InChI=1S/C17H22N2O/c1-12-7-9-19(10-8-12)13(2)17(20)15-11-18-16-6-4-3-5-14(15)16/h3-6,11-13,18H,7-10H2,1-2H3/p+1/t13-/m1/s1. The summed E-state index contributed by atoms with van der Waals surface area (Å²) in [6.45, 7) is 6.63. The molecule has 3 nitrogen and oxygen atoms in total. The molecule has 2 heterocycles. The first-order valence-corrected chi connectivity index (χ1v) is 7.61. The first kappa shape index (κ1) is 13.4. The average molecular weight is 271 g/mol. The van der Waals surface area contributed by atoms with Crippen molar-refractivity contribution in [1.82, 2.24) is 4.98 Å². The minimum atomic E-state index is 0.0571. The van der Waals surface area contributed by atoms with E-state index in [1.54, 1.807) is 0 Å². The highest BCUT2D eigenvalue weighted by Crippen LogP contribution is 2.19. The van der Waals surface area contributed by atoms with Gasteiger partial charge in [0.2, 0.25) is 5.78 Å². The van der Waals surface area contributed by atoms with E-state index in [2.05, 4.69) is 18.8 Å². The third-order valence-electron chi connectivity index (χ3n) is 4.78. The molecule has 0 spiro atoms. The first-order valence-electron chi connectivity index (χ1n) is 7.61. The Morgan fingerprint density at radius 3 is 2.75 bits per heavy atom. The van der Waals surface area contributed by atoms with Crippen molar-refractivity contribution in [1.29, 1.82) is 0 Å². The summed E-state index contributed by atoms with van der Waals surface area (Å²) in [5.74, 6) is 1.08. The predicted molar refractivity (Wildman–Crippen MR) is 81.2 cm³/mol. The van der Waals surface area contributed by atoms with Crippen LogP contribution in [-0.2, 0) is 0 Å². The number of carbonyl (C=O) groups excluding carboxylic acids is 1. The highest BCUT2D eigenvalue weighted by atomic mass is 16.1. The molecule has 0 saturated carbocycles. The molecule has 0 bridgehead atoms. The number of hydrogen-bond donors (Lipinski definition) is 2. The number of likely N-dealkylation sites (tertiary alicyclic amines) is 1. The number of aromatic amines is 1. The van der Waals surface area contributed by atoms with Crippen molar-refractivity contribution in [2.24, 2.45) is 5.92 Å². The monoisotopic (exact) mass is 271 g/mol. The van der Waals surface area contributed by atoms with Crippen molar-refractivity contribution in [2.45, 2.75) is 32.7 Å². The molecule has 0 unspecified atom stereocenters. The van der Waals surface area contributed by atoms with Crippen LogP contribution in [-0.4, -0.2) is 29.9 Å². The van der Waals surface area contributed by atoms with E-state index in [1.807, 2.05) is 30.5 Å². The lowest BCUT2D eigenvalue weighted by Crippen LogP contribution is -3.17. The summed E-state index contributed by atoms with van der Waals surface area (Å²) in [5.41, 5.74) is 1.89. The molecule has 1 aromatic carbocycles. The number of quaternary nitrogens is 1. The van der Waals surface area contributed by atoms with Crippen molar-refractivity contribution in [3.8, 4) is 0 Å². The van der Waals surface area contributed by atoms with Gasteiger partial charge < -0.3 is 9.88 Å². The van der Waals surface area contributed by atoms with Crippen LogP contribution in [0.25, 0.3) is 10.9 Å². The molecule has 0 radical (unpaired) electrons. The third-order valence-corrected chi connectivity index (χ3v) is 4.78. The van der Waals surface area contributed by atoms with Crippen LogP contribution in [0.1, 0.15) is 37.0 Å². The van der Waals surface area contributed by atoms with Crippen LogP contribution >= 0.6 is 0 Å². The minimum absolute atomic E-state index is 0.0571. The Balaban J connectivity index is 1.81. The van der Waals surface area contributed by atoms with Crippen molar-refractivity contribution < 1.29 is 9.69 Å². The maximum atomic E-state index is 12.8. The molecular formula is C17H23N2O+. The Hall–Kier alpha value is -1.61. The van der Waals surface area contributed by atoms with Crippen LogP contribution in [0.5, 0.6) is 0 Å². The van der Waals surface area contributed by atoms with Crippen molar-refractivity contribution in [2.75, 3.05) is 13.1 Å². The van der Waals surface area contributed by atoms with Gasteiger partial charge in [-0.05, 0) is 31.7 Å². The number of piperidine rings is 1. The fraction of sp³-hybridized carbons (Fsp3) is 0.471. The summed E-state index contributed by atoms with van der Waals surface area (Å²) >= 11 is 0. The number of rotatable bonds is 3. The highest BCUT2D eigenvalue weighted by Gasteiger charge is 2.30. The average Bonchev–Trinajstić information content (AvgIpc) is 2.90. The molecule has 106 valence electrons. The van der Waals surface area contributed by atoms with Gasteiger partial charge in [-0.15, -0.1) is 0 Å². The van der Waals surface area contributed by atoms with Gasteiger partial charge >= 0.3 is 0 Å². The molecule has 0 aliphatic carbocycles. The van der Waals surface area contributed by atoms with Crippen LogP contribution in [0.2, 0.25) is 0 Å². The number of fused-ring (bicyclic) bond motifs is 1. The molecule has 1 aromatic heterocycles. The number of benzene rings is 1. The number of para-hydroxylation sites is 1. The molecule has 1 saturated heterocycles.